The van der Waals surface area contributed by atoms with Gasteiger partial charge in [0.2, 0.25) is 0 Å². The molecule has 0 atom stereocenters. The lowest BCUT2D eigenvalue weighted by atomic mass is 10.1. The van der Waals surface area contributed by atoms with Gasteiger partial charge in [0.25, 0.3) is 5.91 Å². The second kappa shape index (κ2) is 6.36. The molecule has 0 unspecified atom stereocenters. The highest BCUT2D eigenvalue weighted by Gasteiger charge is 2.25. The molecule has 0 aliphatic heterocycles. The Labute approximate surface area is 152 Å². The first-order valence-corrected chi connectivity index (χ1v) is 8.24. The third-order valence-electron chi connectivity index (χ3n) is 4.06. The van der Waals surface area contributed by atoms with Crippen molar-refractivity contribution in [2.24, 2.45) is 7.05 Å². The van der Waals surface area contributed by atoms with Crippen molar-refractivity contribution in [2.45, 2.75) is 13.8 Å². The Morgan fingerprint density at radius 3 is 2.72 bits per heavy atom. The van der Waals surface area contributed by atoms with Crippen LogP contribution in [0.2, 0.25) is 0 Å². The number of rotatable bonds is 3. The molecule has 1 amide bonds. The van der Waals surface area contributed by atoms with Crippen molar-refractivity contribution in [1.82, 2.24) is 9.78 Å². The van der Waals surface area contributed by atoms with Crippen molar-refractivity contribution >= 4 is 44.5 Å². The average Bonchev–Trinajstić information content (AvgIpc) is 3.05. The van der Waals surface area contributed by atoms with E-state index in [0.717, 1.165) is 15.4 Å². The summed E-state index contributed by atoms with van der Waals surface area (Å²) in [4.78, 5) is 24.6. The number of furan rings is 1. The number of nitrogens with one attached hydrogen (secondary N) is 1. The van der Waals surface area contributed by atoms with Crippen LogP contribution in [0.15, 0.2) is 27.1 Å². The average molecular weight is 406 g/mol. The number of esters is 1. The Balaban J connectivity index is 2.01. The molecule has 7 nitrogen and oxygen atoms in total. The second-order valence-corrected chi connectivity index (χ2v) is 6.49. The van der Waals surface area contributed by atoms with Crippen LogP contribution in [0.25, 0.3) is 11.0 Å². The van der Waals surface area contributed by atoms with Gasteiger partial charge in [0.05, 0.1) is 18.5 Å². The highest BCUT2D eigenvalue weighted by molar-refractivity contribution is 9.10. The summed E-state index contributed by atoms with van der Waals surface area (Å²) in [5, 5.41) is 7.67. The van der Waals surface area contributed by atoms with Gasteiger partial charge in [0.15, 0.2) is 11.5 Å². The molecule has 2 heterocycles. The van der Waals surface area contributed by atoms with Crippen LogP contribution in [0.3, 0.4) is 0 Å². The molecule has 0 aliphatic carbocycles. The highest BCUT2D eigenvalue weighted by atomic mass is 79.9. The van der Waals surface area contributed by atoms with Crippen molar-refractivity contribution in [3.8, 4) is 0 Å². The van der Waals surface area contributed by atoms with Crippen LogP contribution >= 0.6 is 15.9 Å². The quantitative estimate of drug-likeness (QED) is 0.672. The van der Waals surface area contributed by atoms with Gasteiger partial charge in [-0.3, -0.25) is 9.48 Å². The van der Waals surface area contributed by atoms with Crippen LogP contribution in [0, 0.1) is 13.8 Å². The van der Waals surface area contributed by atoms with Crippen molar-refractivity contribution < 1.29 is 18.7 Å². The number of hydrogen-bond donors (Lipinski definition) is 1. The summed E-state index contributed by atoms with van der Waals surface area (Å²) in [6.07, 6.45) is 0. The number of benzene rings is 1. The number of nitrogens with zero attached hydrogens (tertiary/aromatic N) is 2. The van der Waals surface area contributed by atoms with E-state index in [2.05, 4.69) is 26.3 Å². The van der Waals surface area contributed by atoms with Crippen LogP contribution in [-0.2, 0) is 11.8 Å². The van der Waals surface area contributed by atoms with Gasteiger partial charge >= 0.3 is 5.97 Å². The highest BCUT2D eigenvalue weighted by Crippen LogP contribution is 2.29. The van der Waals surface area contributed by atoms with Crippen LogP contribution in [0.4, 0.5) is 5.69 Å². The first-order valence-electron chi connectivity index (χ1n) is 7.45. The minimum absolute atomic E-state index is 0.0485. The summed E-state index contributed by atoms with van der Waals surface area (Å²) < 4.78 is 12.8. The van der Waals surface area contributed by atoms with E-state index in [1.54, 1.807) is 20.0 Å². The smallest absolute Gasteiger partial charge is 0.360 e. The van der Waals surface area contributed by atoms with Crippen molar-refractivity contribution in [2.75, 3.05) is 12.4 Å². The number of methoxy groups -OCH3 is 1. The SMILES string of the molecule is COC(=O)c1nn(C)c(C)c1NC(=O)c1oc2cc(Br)ccc2c1C. The summed E-state index contributed by atoms with van der Waals surface area (Å²) in [6, 6.07) is 5.56. The number of hydrogen-bond acceptors (Lipinski definition) is 5. The Morgan fingerprint density at radius 1 is 1.32 bits per heavy atom. The minimum Gasteiger partial charge on any atom is -0.464 e. The molecule has 0 aliphatic rings. The van der Waals surface area contributed by atoms with E-state index >= 15 is 0 Å². The summed E-state index contributed by atoms with van der Waals surface area (Å²) in [5.41, 5.74) is 2.31. The van der Waals surface area contributed by atoms with E-state index in [4.69, 9.17) is 9.15 Å². The molecule has 2 aromatic heterocycles. The zero-order valence-corrected chi connectivity index (χ0v) is 15.7. The van der Waals surface area contributed by atoms with Crippen molar-refractivity contribution in [3.05, 3.63) is 45.4 Å². The maximum Gasteiger partial charge on any atom is 0.360 e. The van der Waals surface area contributed by atoms with Gasteiger partial charge in [0.1, 0.15) is 5.58 Å². The molecule has 0 bridgehead atoms. The summed E-state index contributed by atoms with van der Waals surface area (Å²) in [6.45, 7) is 3.56. The number of carbonyl (C=O) groups excluding carboxylic acids is 2. The van der Waals surface area contributed by atoms with Crippen molar-refractivity contribution in [1.29, 1.82) is 0 Å². The zero-order chi connectivity index (χ0) is 18.3. The maximum absolute atomic E-state index is 12.7. The van der Waals surface area contributed by atoms with E-state index in [9.17, 15) is 9.59 Å². The number of ether oxygens (including phenoxy) is 1. The normalized spacial score (nSPS) is 10.9. The standard InChI is InChI=1S/C17H16BrN3O4/c1-8-11-6-5-10(18)7-12(11)25-15(8)16(22)19-13-9(2)21(3)20-14(13)17(23)24-4/h5-7H,1-4H3,(H,19,22). The van der Waals surface area contributed by atoms with E-state index in [1.807, 2.05) is 19.1 Å². The Hall–Kier alpha value is -2.61. The molecule has 130 valence electrons. The molecule has 3 rings (SSSR count). The Morgan fingerprint density at radius 2 is 2.04 bits per heavy atom. The van der Waals surface area contributed by atoms with Gasteiger partial charge in [0, 0.05) is 22.5 Å². The summed E-state index contributed by atoms with van der Waals surface area (Å²) in [7, 11) is 2.95. The lowest BCUT2D eigenvalue weighted by molar-refractivity contribution is 0.0594. The molecule has 0 radical (unpaired) electrons. The Kier molecular flexibility index (Phi) is 4.38. The number of amides is 1. The van der Waals surface area contributed by atoms with Gasteiger partial charge in [-0.1, -0.05) is 15.9 Å². The number of aromatic nitrogens is 2. The fourth-order valence-corrected chi connectivity index (χ4v) is 2.92. The van der Waals surface area contributed by atoms with Crippen molar-refractivity contribution in [3.63, 3.8) is 0 Å². The fraction of sp³-hybridized carbons (Fsp3) is 0.235. The van der Waals surface area contributed by atoms with Crippen LogP contribution in [0.5, 0.6) is 0 Å². The number of fused-ring (bicyclic) bond motifs is 1. The number of aryl methyl sites for hydroxylation is 2. The molecular weight excluding hydrogens is 390 g/mol. The third kappa shape index (κ3) is 2.93. The largest absolute Gasteiger partial charge is 0.464 e. The first kappa shape index (κ1) is 17.2. The molecule has 8 heteroatoms. The number of halogens is 1. The molecule has 0 fully saturated rings. The van der Waals surface area contributed by atoms with E-state index in [1.165, 1.54) is 11.8 Å². The third-order valence-corrected chi connectivity index (χ3v) is 4.55. The van der Waals surface area contributed by atoms with E-state index in [0.29, 0.717) is 17.0 Å². The van der Waals surface area contributed by atoms with Crippen LogP contribution in [0.1, 0.15) is 32.3 Å². The summed E-state index contributed by atoms with van der Waals surface area (Å²) in [5.74, 6) is -0.887. The van der Waals surface area contributed by atoms with Gasteiger partial charge in [-0.05, 0) is 32.0 Å². The zero-order valence-electron chi connectivity index (χ0n) is 14.1. The monoisotopic (exact) mass is 405 g/mol. The molecule has 0 saturated carbocycles. The number of anilines is 1. The first-order chi connectivity index (χ1) is 11.8. The predicted molar refractivity (Wildman–Crippen MR) is 95.9 cm³/mol. The maximum atomic E-state index is 12.7. The second-order valence-electron chi connectivity index (χ2n) is 5.57. The topological polar surface area (TPSA) is 86.4 Å². The Bertz CT molecular complexity index is 1000. The van der Waals surface area contributed by atoms with Gasteiger partial charge in [-0.15, -0.1) is 0 Å². The summed E-state index contributed by atoms with van der Waals surface area (Å²) >= 11 is 3.38. The molecule has 1 N–H and O–H groups in total. The van der Waals surface area contributed by atoms with E-state index < -0.39 is 11.9 Å². The lowest BCUT2D eigenvalue weighted by Crippen LogP contribution is -2.15. The molecular formula is C17H16BrN3O4. The van der Waals surface area contributed by atoms with Gasteiger partial charge < -0.3 is 14.5 Å². The molecule has 0 saturated heterocycles. The number of carbonyl (C=O) groups is 2. The lowest BCUT2D eigenvalue weighted by Gasteiger charge is -2.05. The molecule has 0 spiro atoms. The van der Waals surface area contributed by atoms with Crippen LogP contribution < -0.4 is 5.32 Å². The molecule has 3 aromatic rings. The van der Waals surface area contributed by atoms with Gasteiger partial charge in [-0.2, -0.15) is 5.10 Å². The van der Waals surface area contributed by atoms with E-state index in [-0.39, 0.29) is 11.5 Å². The fourth-order valence-electron chi connectivity index (χ4n) is 2.58. The van der Waals surface area contributed by atoms with Gasteiger partial charge in [-0.25, -0.2) is 4.79 Å². The molecule has 1 aromatic carbocycles. The molecule has 25 heavy (non-hydrogen) atoms. The minimum atomic E-state index is -0.621. The predicted octanol–water partition coefficient (Wildman–Crippen LogP) is 3.58. The van der Waals surface area contributed by atoms with Crippen LogP contribution in [-0.4, -0.2) is 28.8 Å².